The number of halogens is 2. The Hall–Kier alpha value is -2.02. The maximum atomic E-state index is 13.8. The zero-order valence-electron chi connectivity index (χ0n) is 12.7. The van der Waals surface area contributed by atoms with Gasteiger partial charge in [-0.1, -0.05) is 6.07 Å². The molecule has 1 aromatic carbocycles. The zero-order chi connectivity index (χ0) is 16.4. The lowest BCUT2D eigenvalue weighted by molar-refractivity contribution is 0.191. The SMILES string of the molecule is Cc1csc(CNC(=O)N(Cc2ccc(F)cc2F)C2CC2)n1. The Kier molecular flexibility index (Phi) is 4.56. The molecule has 1 aliphatic carbocycles. The van der Waals surface area contributed by atoms with E-state index in [2.05, 4.69) is 10.3 Å². The van der Waals surface area contributed by atoms with Crippen molar-refractivity contribution < 1.29 is 13.6 Å². The van der Waals surface area contributed by atoms with E-state index in [0.29, 0.717) is 12.1 Å². The summed E-state index contributed by atoms with van der Waals surface area (Å²) in [5.41, 5.74) is 1.24. The van der Waals surface area contributed by atoms with E-state index in [1.807, 2.05) is 12.3 Å². The highest BCUT2D eigenvalue weighted by Gasteiger charge is 2.33. The van der Waals surface area contributed by atoms with Crippen LogP contribution < -0.4 is 5.32 Å². The van der Waals surface area contributed by atoms with E-state index in [1.165, 1.54) is 23.5 Å². The molecule has 1 aliphatic rings. The van der Waals surface area contributed by atoms with Gasteiger partial charge in [-0.3, -0.25) is 0 Å². The molecule has 0 spiro atoms. The van der Waals surface area contributed by atoms with Crippen LogP contribution in [0.2, 0.25) is 0 Å². The van der Waals surface area contributed by atoms with Crippen molar-refractivity contribution in [3.63, 3.8) is 0 Å². The monoisotopic (exact) mass is 337 g/mol. The van der Waals surface area contributed by atoms with Crippen molar-refractivity contribution in [2.75, 3.05) is 0 Å². The van der Waals surface area contributed by atoms with Gasteiger partial charge in [0.2, 0.25) is 0 Å². The van der Waals surface area contributed by atoms with Crippen LogP contribution in [0.25, 0.3) is 0 Å². The Balaban J connectivity index is 1.65. The van der Waals surface area contributed by atoms with E-state index >= 15 is 0 Å². The van der Waals surface area contributed by atoms with Crippen LogP contribution >= 0.6 is 11.3 Å². The largest absolute Gasteiger partial charge is 0.331 e. The summed E-state index contributed by atoms with van der Waals surface area (Å²) >= 11 is 1.49. The van der Waals surface area contributed by atoms with E-state index in [0.717, 1.165) is 29.6 Å². The van der Waals surface area contributed by atoms with Gasteiger partial charge in [-0.25, -0.2) is 18.6 Å². The first-order valence-corrected chi connectivity index (χ1v) is 8.30. The minimum Gasteiger partial charge on any atom is -0.331 e. The average molecular weight is 337 g/mol. The summed E-state index contributed by atoms with van der Waals surface area (Å²) in [6, 6.07) is 3.31. The number of aromatic nitrogens is 1. The van der Waals surface area contributed by atoms with Gasteiger partial charge in [0.15, 0.2) is 0 Å². The molecule has 2 aromatic rings. The summed E-state index contributed by atoms with van der Waals surface area (Å²) in [4.78, 5) is 18.3. The van der Waals surface area contributed by atoms with Crippen LogP contribution in [0.1, 0.15) is 29.1 Å². The predicted octanol–water partition coefficient (Wildman–Crippen LogP) is 3.60. The number of hydrogen-bond donors (Lipinski definition) is 1. The van der Waals surface area contributed by atoms with Crippen molar-refractivity contribution in [2.24, 2.45) is 0 Å². The second-order valence-electron chi connectivity index (χ2n) is 5.64. The fourth-order valence-electron chi connectivity index (χ4n) is 2.32. The minimum absolute atomic E-state index is 0.123. The van der Waals surface area contributed by atoms with Gasteiger partial charge in [0, 0.05) is 28.7 Å². The lowest BCUT2D eigenvalue weighted by atomic mass is 10.2. The highest BCUT2D eigenvalue weighted by molar-refractivity contribution is 7.09. The Morgan fingerprint density at radius 3 is 2.83 bits per heavy atom. The number of nitrogens with zero attached hydrogens (tertiary/aromatic N) is 2. The molecule has 0 saturated heterocycles. The molecule has 2 amide bonds. The zero-order valence-corrected chi connectivity index (χ0v) is 13.5. The molecule has 7 heteroatoms. The summed E-state index contributed by atoms with van der Waals surface area (Å²) in [6.07, 6.45) is 1.82. The third-order valence-corrected chi connectivity index (χ3v) is 4.63. The number of carbonyl (C=O) groups excluding carboxylic acids is 1. The summed E-state index contributed by atoms with van der Waals surface area (Å²) in [5, 5.41) is 5.58. The number of thiazole rings is 1. The van der Waals surface area contributed by atoms with Crippen molar-refractivity contribution >= 4 is 17.4 Å². The summed E-state index contributed by atoms with van der Waals surface area (Å²) < 4.78 is 26.8. The Morgan fingerprint density at radius 1 is 1.43 bits per heavy atom. The number of hydrogen-bond acceptors (Lipinski definition) is 3. The fraction of sp³-hybridized carbons (Fsp3) is 0.375. The normalized spacial score (nSPS) is 13.9. The summed E-state index contributed by atoms with van der Waals surface area (Å²) in [6.45, 7) is 2.39. The lowest BCUT2D eigenvalue weighted by Gasteiger charge is -2.23. The minimum atomic E-state index is -0.626. The highest BCUT2D eigenvalue weighted by atomic mass is 32.1. The van der Waals surface area contributed by atoms with Gasteiger partial charge >= 0.3 is 6.03 Å². The molecule has 4 nitrogen and oxygen atoms in total. The molecule has 23 heavy (non-hydrogen) atoms. The molecular formula is C16H17F2N3OS. The molecule has 122 valence electrons. The fourth-order valence-corrected chi connectivity index (χ4v) is 3.03. The van der Waals surface area contributed by atoms with E-state index < -0.39 is 11.6 Å². The molecule has 1 heterocycles. The number of carbonyl (C=O) groups is 1. The van der Waals surface area contributed by atoms with Crippen LogP contribution in [0, 0.1) is 18.6 Å². The number of nitrogens with one attached hydrogen (secondary N) is 1. The van der Waals surface area contributed by atoms with Crippen molar-refractivity contribution in [2.45, 2.75) is 38.9 Å². The number of urea groups is 1. The molecule has 0 radical (unpaired) electrons. The van der Waals surface area contributed by atoms with E-state index in [-0.39, 0.29) is 18.6 Å². The molecule has 0 atom stereocenters. The first kappa shape index (κ1) is 15.9. The molecule has 0 aliphatic heterocycles. The van der Waals surface area contributed by atoms with Gasteiger partial charge in [-0.15, -0.1) is 11.3 Å². The maximum Gasteiger partial charge on any atom is 0.318 e. The smallest absolute Gasteiger partial charge is 0.318 e. The number of aryl methyl sites for hydroxylation is 1. The molecule has 3 rings (SSSR count). The third kappa shape index (κ3) is 4.04. The maximum absolute atomic E-state index is 13.8. The van der Waals surface area contributed by atoms with Crippen LogP contribution in [0.15, 0.2) is 23.6 Å². The van der Waals surface area contributed by atoms with Crippen molar-refractivity contribution in [1.29, 1.82) is 0 Å². The van der Waals surface area contributed by atoms with E-state index in [1.54, 1.807) is 4.90 Å². The summed E-state index contributed by atoms with van der Waals surface area (Å²) in [5.74, 6) is -1.24. The number of benzene rings is 1. The molecule has 0 unspecified atom stereocenters. The van der Waals surface area contributed by atoms with Crippen molar-refractivity contribution in [1.82, 2.24) is 15.2 Å². The van der Waals surface area contributed by atoms with Crippen LogP contribution in [0.5, 0.6) is 0 Å². The van der Waals surface area contributed by atoms with Crippen LogP contribution in [-0.4, -0.2) is 22.0 Å². The first-order valence-electron chi connectivity index (χ1n) is 7.42. The van der Waals surface area contributed by atoms with E-state index in [9.17, 15) is 13.6 Å². The Labute approximate surface area is 137 Å². The quantitative estimate of drug-likeness (QED) is 0.906. The number of amides is 2. The average Bonchev–Trinajstić information content (AvgIpc) is 3.26. The van der Waals surface area contributed by atoms with Crippen LogP contribution in [-0.2, 0) is 13.1 Å². The molecular weight excluding hydrogens is 320 g/mol. The predicted molar refractivity (Wildman–Crippen MR) is 84.0 cm³/mol. The van der Waals surface area contributed by atoms with Gasteiger partial charge < -0.3 is 10.2 Å². The van der Waals surface area contributed by atoms with E-state index in [4.69, 9.17) is 0 Å². The second-order valence-corrected chi connectivity index (χ2v) is 6.58. The first-order chi connectivity index (χ1) is 11.0. The topological polar surface area (TPSA) is 45.2 Å². The highest BCUT2D eigenvalue weighted by Crippen LogP contribution is 2.29. The van der Waals surface area contributed by atoms with Gasteiger partial charge in [0.1, 0.15) is 16.6 Å². The second kappa shape index (κ2) is 6.62. The van der Waals surface area contributed by atoms with Crippen LogP contribution in [0.3, 0.4) is 0 Å². The third-order valence-electron chi connectivity index (χ3n) is 3.66. The number of rotatable bonds is 5. The molecule has 1 aromatic heterocycles. The molecule has 1 N–H and O–H groups in total. The van der Waals surface area contributed by atoms with Gasteiger partial charge in [-0.05, 0) is 25.8 Å². The van der Waals surface area contributed by atoms with Crippen molar-refractivity contribution in [3.05, 3.63) is 51.5 Å². The van der Waals surface area contributed by atoms with Gasteiger partial charge in [0.25, 0.3) is 0 Å². The Bertz CT molecular complexity index is 715. The Morgan fingerprint density at radius 2 is 2.22 bits per heavy atom. The molecule has 1 fully saturated rings. The summed E-state index contributed by atoms with van der Waals surface area (Å²) in [7, 11) is 0. The molecule has 1 saturated carbocycles. The lowest BCUT2D eigenvalue weighted by Crippen LogP contribution is -2.40. The van der Waals surface area contributed by atoms with Gasteiger partial charge in [-0.2, -0.15) is 0 Å². The molecule has 0 bridgehead atoms. The van der Waals surface area contributed by atoms with Gasteiger partial charge in [0.05, 0.1) is 13.1 Å². The van der Waals surface area contributed by atoms with Crippen LogP contribution in [0.4, 0.5) is 13.6 Å². The standard InChI is InChI=1S/C16H17F2N3OS/c1-10-9-23-15(20-10)7-19-16(22)21(13-4-5-13)8-11-2-3-12(17)6-14(11)18/h2-3,6,9,13H,4-5,7-8H2,1H3,(H,19,22). The van der Waals surface area contributed by atoms with Crippen molar-refractivity contribution in [3.8, 4) is 0 Å².